The Kier molecular flexibility index (Phi) is 4.94. The summed E-state index contributed by atoms with van der Waals surface area (Å²) in [5.74, 6) is 0.953. The van der Waals surface area contributed by atoms with Gasteiger partial charge in [-0.15, -0.1) is 0 Å². The number of carbonyl (C=O) groups is 1. The summed E-state index contributed by atoms with van der Waals surface area (Å²) in [6, 6.07) is 15.5. The van der Waals surface area contributed by atoms with Crippen LogP contribution in [0.25, 0.3) is 0 Å². The highest BCUT2D eigenvalue weighted by Crippen LogP contribution is 2.15. The van der Waals surface area contributed by atoms with Crippen molar-refractivity contribution in [3.8, 4) is 5.75 Å². The molecule has 0 aliphatic rings. The molecule has 0 radical (unpaired) electrons. The minimum Gasteiger partial charge on any atom is -0.494 e. The van der Waals surface area contributed by atoms with Crippen LogP contribution in [0.4, 0.5) is 0 Å². The van der Waals surface area contributed by atoms with Gasteiger partial charge in [-0.3, -0.25) is 4.79 Å². The van der Waals surface area contributed by atoms with E-state index in [-0.39, 0.29) is 5.78 Å². The second kappa shape index (κ2) is 6.90. The molecule has 20 heavy (non-hydrogen) atoms. The Morgan fingerprint density at radius 1 is 1.00 bits per heavy atom. The number of ketones is 1. The number of carbonyl (C=O) groups excluding carboxylic acids is 1. The first kappa shape index (κ1) is 14.3. The van der Waals surface area contributed by atoms with E-state index in [0.29, 0.717) is 13.0 Å². The van der Waals surface area contributed by atoms with Crippen LogP contribution in [-0.4, -0.2) is 12.4 Å². The maximum Gasteiger partial charge on any atom is 0.167 e. The fourth-order valence-electron chi connectivity index (χ4n) is 1.95. The lowest BCUT2D eigenvalue weighted by atomic mass is 10.0. The molecule has 2 rings (SSSR count). The van der Waals surface area contributed by atoms with Crippen LogP contribution < -0.4 is 4.74 Å². The Bertz CT molecular complexity index is 553. The van der Waals surface area contributed by atoms with Gasteiger partial charge in [-0.25, -0.2) is 0 Å². The summed E-state index contributed by atoms with van der Waals surface area (Å²) in [4.78, 5) is 12.2. The molecule has 0 saturated heterocycles. The molecule has 2 aromatic rings. The standard InChI is InChI=1S/C18H20O2/c1-3-12-20-17-10-8-16(9-11-17)18(19)13-15-6-4-14(2)5-7-15/h4-11H,3,12-13H2,1-2H3. The Labute approximate surface area is 120 Å². The summed E-state index contributed by atoms with van der Waals surface area (Å²) < 4.78 is 5.51. The highest BCUT2D eigenvalue weighted by Gasteiger charge is 2.07. The topological polar surface area (TPSA) is 26.3 Å². The molecule has 0 heterocycles. The van der Waals surface area contributed by atoms with Gasteiger partial charge in [-0.2, -0.15) is 0 Å². The van der Waals surface area contributed by atoms with Gasteiger partial charge in [0.2, 0.25) is 0 Å². The van der Waals surface area contributed by atoms with Crippen LogP contribution in [0.5, 0.6) is 5.75 Å². The van der Waals surface area contributed by atoms with E-state index in [4.69, 9.17) is 4.74 Å². The maximum absolute atomic E-state index is 12.2. The molecule has 0 amide bonds. The summed E-state index contributed by atoms with van der Waals surface area (Å²) in [5, 5.41) is 0. The molecular weight excluding hydrogens is 248 g/mol. The highest BCUT2D eigenvalue weighted by atomic mass is 16.5. The molecule has 2 heteroatoms. The Morgan fingerprint density at radius 3 is 2.25 bits per heavy atom. The highest BCUT2D eigenvalue weighted by molar-refractivity contribution is 5.97. The normalized spacial score (nSPS) is 10.3. The van der Waals surface area contributed by atoms with Crippen molar-refractivity contribution in [1.29, 1.82) is 0 Å². The van der Waals surface area contributed by atoms with E-state index in [9.17, 15) is 4.79 Å². The molecule has 0 unspecified atom stereocenters. The molecule has 2 nitrogen and oxygen atoms in total. The van der Waals surface area contributed by atoms with Gasteiger partial charge in [0, 0.05) is 12.0 Å². The predicted molar refractivity (Wildman–Crippen MR) is 81.4 cm³/mol. The fourth-order valence-corrected chi connectivity index (χ4v) is 1.95. The molecule has 0 bridgehead atoms. The second-order valence-corrected chi connectivity index (χ2v) is 4.96. The van der Waals surface area contributed by atoms with Crippen LogP contribution >= 0.6 is 0 Å². The molecule has 104 valence electrons. The van der Waals surface area contributed by atoms with E-state index < -0.39 is 0 Å². The van der Waals surface area contributed by atoms with Crippen molar-refractivity contribution in [3.05, 3.63) is 65.2 Å². The Balaban J connectivity index is 2.00. The van der Waals surface area contributed by atoms with Crippen molar-refractivity contribution < 1.29 is 9.53 Å². The number of hydrogen-bond donors (Lipinski definition) is 0. The molecule has 0 aliphatic heterocycles. The number of Topliss-reactive ketones (excluding diaryl/α,β-unsaturated/α-hetero) is 1. The van der Waals surface area contributed by atoms with Crippen molar-refractivity contribution in [3.63, 3.8) is 0 Å². The Morgan fingerprint density at radius 2 is 1.65 bits per heavy atom. The monoisotopic (exact) mass is 268 g/mol. The van der Waals surface area contributed by atoms with E-state index in [2.05, 4.69) is 6.92 Å². The Hall–Kier alpha value is -2.09. The lowest BCUT2D eigenvalue weighted by molar-refractivity contribution is 0.0993. The zero-order chi connectivity index (χ0) is 14.4. The number of ether oxygens (including phenoxy) is 1. The lowest BCUT2D eigenvalue weighted by Gasteiger charge is -2.06. The van der Waals surface area contributed by atoms with Gasteiger partial charge in [0.1, 0.15) is 5.75 Å². The van der Waals surface area contributed by atoms with Gasteiger partial charge in [0.05, 0.1) is 6.61 Å². The second-order valence-electron chi connectivity index (χ2n) is 4.96. The van der Waals surface area contributed by atoms with E-state index in [1.807, 2.05) is 55.5 Å². The van der Waals surface area contributed by atoms with Gasteiger partial charge in [0.15, 0.2) is 5.78 Å². The fraction of sp³-hybridized carbons (Fsp3) is 0.278. The van der Waals surface area contributed by atoms with E-state index in [1.54, 1.807) is 0 Å². The first-order valence-corrected chi connectivity index (χ1v) is 7.00. The van der Waals surface area contributed by atoms with Crippen LogP contribution in [0.3, 0.4) is 0 Å². The van der Waals surface area contributed by atoms with Crippen LogP contribution in [-0.2, 0) is 6.42 Å². The number of aryl methyl sites for hydroxylation is 1. The minimum absolute atomic E-state index is 0.135. The van der Waals surface area contributed by atoms with Crippen LogP contribution in [0.1, 0.15) is 34.8 Å². The molecule has 0 N–H and O–H groups in total. The third kappa shape index (κ3) is 3.95. The van der Waals surface area contributed by atoms with Crippen LogP contribution in [0, 0.1) is 6.92 Å². The average molecular weight is 268 g/mol. The molecule has 2 aromatic carbocycles. The molecule has 0 atom stereocenters. The molecule has 0 spiro atoms. The molecule has 0 saturated carbocycles. The molecule has 0 aliphatic carbocycles. The largest absolute Gasteiger partial charge is 0.494 e. The first-order chi connectivity index (χ1) is 9.69. The van der Waals surface area contributed by atoms with Gasteiger partial charge >= 0.3 is 0 Å². The number of rotatable bonds is 6. The number of hydrogen-bond acceptors (Lipinski definition) is 2. The average Bonchev–Trinajstić information content (AvgIpc) is 2.48. The summed E-state index contributed by atoms with van der Waals surface area (Å²) in [6.07, 6.45) is 1.42. The molecule has 0 aromatic heterocycles. The zero-order valence-electron chi connectivity index (χ0n) is 12.1. The third-order valence-electron chi connectivity index (χ3n) is 3.13. The van der Waals surface area contributed by atoms with Crippen molar-refractivity contribution >= 4 is 5.78 Å². The van der Waals surface area contributed by atoms with Gasteiger partial charge < -0.3 is 4.74 Å². The van der Waals surface area contributed by atoms with Gasteiger partial charge in [0.25, 0.3) is 0 Å². The van der Waals surface area contributed by atoms with E-state index in [1.165, 1.54) is 5.56 Å². The lowest BCUT2D eigenvalue weighted by Crippen LogP contribution is -2.03. The van der Waals surface area contributed by atoms with Crippen LogP contribution in [0.2, 0.25) is 0 Å². The van der Waals surface area contributed by atoms with Crippen molar-refractivity contribution in [2.75, 3.05) is 6.61 Å². The minimum atomic E-state index is 0.135. The summed E-state index contributed by atoms with van der Waals surface area (Å²) in [5.41, 5.74) is 2.99. The summed E-state index contributed by atoms with van der Waals surface area (Å²) in [7, 11) is 0. The number of benzene rings is 2. The van der Waals surface area contributed by atoms with Crippen molar-refractivity contribution in [2.45, 2.75) is 26.7 Å². The van der Waals surface area contributed by atoms with Gasteiger partial charge in [-0.05, 0) is 43.2 Å². The van der Waals surface area contributed by atoms with Crippen molar-refractivity contribution in [1.82, 2.24) is 0 Å². The van der Waals surface area contributed by atoms with Crippen LogP contribution in [0.15, 0.2) is 48.5 Å². The summed E-state index contributed by atoms with van der Waals surface area (Å²) in [6.45, 7) is 4.82. The SMILES string of the molecule is CCCOc1ccc(C(=O)Cc2ccc(C)cc2)cc1. The molecular formula is C18H20O2. The maximum atomic E-state index is 12.2. The molecule has 0 fully saturated rings. The zero-order valence-corrected chi connectivity index (χ0v) is 12.1. The quantitative estimate of drug-likeness (QED) is 0.734. The van der Waals surface area contributed by atoms with Crippen molar-refractivity contribution in [2.24, 2.45) is 0 Å². The van der Waals surface area contributed by atoms with E-state index >= 15 is 0 Å². The van der Waals surface area contributed by atoms with Gasteiger partial charge in [-0.1, -0.05) is 36.8 Å². The van der Waals surface area contributed by atoms with E-state index in [0.717, 1.165) is 23.3 Å². The predicted octanol–water partition coefficient (Wildman–Crippen LogP) is 4.21. The first-order valence-electron chi connectivity index (χ1n) is 7.00. The summed E-state index contributed by atoms with van der Waals surface area (Å²) >= 11 is 0. The third-order valence-corrected chi connectivity index (χ3v) is 3.13. The smallest absolute Gasteiger partial charge is 0.167 e.